The molecular formula is C8H16O3. The molecule has 0 N–H and O–H groups in total. The zero-order valence-corrected chi connectivity index (χ0v) is 7.04. The molecule has 66 valence electrons. The highest BCUT2D eigenvalue weighted by molar-refractivity contribution is 4.33. The maximum absolute atomic E-state index is 5.13. The van der Waals surface area contributed by atoms with E-state index < -0.39 is 0 Å². The molecular weight excluding hydrogens is 144 g/mol. The monoisotopic (exact) mass is 160 g/mol. The van der Waals surface area contributed by atoms with Crippen molar-refractivity contribution >= 4 is 0 Å². The van der Waals surface area contributed by atoms with Crippen molar-refractivity contribution in [3.05, 3.63) is 6.92 Å². The summed E-state index contributed by atoms with van der Waals surface area (Å²) in [5, 5.41) is 0. The first kappa shape index (κ1) is 10.9. The summed E-state index contributed by atoms with van der Waals surface area (Å²) in [6.07, 6.45) is 0. The molecule has 0 amide bonds. The summed E-state index contributed by atoms with van der Waals surface area (Å²) in [5.41, 5.74) is 0. The summed E-state index contributed by atoms with van der Waals surface area (Å²) in [4.78, 5) is 0. The second-order valence-electron chi connectivity index (χ2n) is 1.88. The Hall–Kier alpha value is -0.120. The van der Waals surface area contributed by atoms with Gasteiger partial charge < -0.3 is 14.2 Å². The van der Waals surface area contributed by atoms with Gasteiger partial charge in [0.25, 0.3) is 0 Å². The number of hydrogen-bond acceptors (Lipinski definition) is 3. The first-order chi connectivity index (χ1) is 5.41. The van der Waals surface area contributed by atoms with E-state index in [9.17, 15) is 0 Å². The molecule has 0 aromatic heterocycles. The molecule has 0 aromatic rings. The van der Waals surface area contributed by atoms with E-state index >= 15 is 0 Å². The van der Waals surface area contributed by atoms with Gasteiger partial charge >= 0.3 is 0 Å². The van der Waals surface area contributed by atoms with Crippen LogP contribution >= 0.6 is 0 Å². The summed E-state index contributed by atoms with van der Waals surface area (Å²) in [5.74, 6) is 0. The molecule has 0 spiro atoms. The maximum atomic E-state index is 5.13. The minimum absolute atomic E-state index is 0.259. The van der Waals surface area contributed by atoms with Gasteiger partial charge in [-0.05, 0) is 13.8 Å². The Balaban J connectivity index is 2.69. The maximum Gasteiger partial charge on any atom is 0.0701 e. The van der Waals surface area contributed by atoms with Crippen LogP contribution in [0.5, 0.6) is 0 Å². The van der Waals surface area contributed by atoms with Gasteiger partial charge in [-0.15, -0.1) is 0 Å². The minimum Gasteiger partial charge on any atom is -0.379 e. The Labute approximate surface area is 68.6 Å². The highest BCUT2D eigenvalue weighted by atomic mass is 16.5. The van der Waals surface area contributed by atoms with Crippen LogP contribution in [0.2, 0.25) is 0 Å². The zero-order valence-electron chi connectivity index (χ0n) is 7.04. The van der Waals surface area contributed by atoms with Gasteiger partial charge in [0.2, 0.25) is 0 Å². The fraction of sp³-hybridized carbons (Fsp3) is 0.875. The van der Waals surface area contributed by atoms with E-state index in [4.69, 9.17) is 21.1 Å². The van der Waals surface area contributed by atoms with Crippen molar-refractivity contribution < 1.29 is 14.2 Å². The quantitative estimate of drug-likeness (QED) is 0.491. The molecule has 0 fully saturated rings. The summed E-state index contributed by atoms with van der Waals surface area (Å²) >= 11 is 0. The van der Waals surface area contributed by atoms with Gasteiger partial charge in [-0.25, -0.2) is 0 Å². The summed E-state index contributed by atoms with van der Waals surface area (Å²) in [6.45, 7) is 10.5. The molecule has 0 heterocycles. The van der Waals surface area contributed by atoms with Gasteiger partial charge in [0.05, 0.1) is 33.0 Å². The fourth-order valence-electron chi connectivity index (χ4n) is 0.565. The first-order valence-electron chi connectivity index (χ1n) is 3.85. The molecule has 0 unspecified atom stereocenters. The average molecular weight is 160 g/mol. The van der Waals surface area contributed by atoms with Gasteiger partial charge in [0.15, 0.2) is 0 Å². The van der Waals surface area contributed by atoms with Crippen LogP contribution < -0.4 is 0 Å². The van der Waals surface area contributed by atoms with Crippen molar-refractivity contribution in [1.82, 2.24) is 0 Å². The van der Waals surface area contributed by atoms with Crippen molar-refractivity contribution in [2.75, 3.05) is 39.6 Å². The van der Waals surface area contributed by atoms with Crippen LogP contribution in [-0.2, 0) is 14.2 Å². The van der Waals surface area contributed by atoms with Gasteiger partial charge in [-0.1, -0.05) is 0 Å². The third-order valence-corrected chi connectivity index (χ3v) is 1.07. The van der Waals surface area contributed by atoms with Gasteiger partial charge in [-0.2, -0.15) is 0 Å². The van der Waals surface area contributed by atoms with E-state index in [1.165, 1.54) is 0 Å². The normalized spacial score (nSPS) is 10.4. The largest absolute Gasteiger partial charge is 0.379 e. The van der Waals surface area contributed by atoms with Crippen molar-refractivity contribution in [2.45, 2.75) is 6.92 Å². The molecule has 2 radical (unpaired) electrons. The molecule has 0 saturated carbocycles. The Morgan fingerprint density at radius 2 is 1.45 bits per heavy atom. The van der Waals surface area contributed by atoms with Crippen molar-refractivity contribution in [2.24, 2.45) is 0 Å². The topological polar surface area (TPSA) is 27.7 Å². The molecule has 0 bridgehead atoms. The van der Waals surface area contributed by atoms with Gasteiger partial charge in [0, 0.05) is 6.61 Å². The van der Waals surface area contributed by atoms with E-state index in [0.29, 0.717) is 26.4 Å². The molecule has 0 aliphatic carbocycles. The molecule has 0 aromatic carbocycles. The molecule has 3 nitrogen and oxygen atoms in total. The molecule has 0 aliphatic rings. The summed E-state index contributed by atoms with van der Waals surface area (Å²) in [7, 11) is 0. The van der Waals surface area contributed by atoms with Crippen LogP contribution in [0.25, 0.3) is 0 Å². The summed E-state index contributed by atoms with van der Waals surface area (Å²) < 4.78 is 15.0. The SMILES string of the molecule is [CH]COCCOCCOCC. The molecule has 0 rings (SSSR count). The fourth-order valence-corrected chi connectivity index (χ4v) is 0.565. The Kier molecular flexibility index (Phi) is 9.77. The van der Waals surface area contributed by atoms with E-state index in [0.717, 1.165) is 6.61 Å². The van der Waals surface area contributed by atoms with E-state index in [1.54, 1.807) is 0 Å². The predicted octanol–water partition coefficient (Wildman–Crippen LogP) is 0.767. The third-order valence-electron chi connectivity index (χ3n) is 1.07. The lowest BCUT2D eigenvalue weighted by atomic mass is 10.7. The lowest BCUT2D eigenvalue weighted by Crippen LogP contribution is -2.08. The number of ether oxygens (including phenoxy) is 3. The van der Waals surface area contributed by atoms with E-state index in [1.807, 2.05) is 6.92 Å². The molecule has 0 atom stereocenters. The van der Waals surface area contributed by atoms with E-state index in [-0.39, 0.29) is 6.61 Å². The standard InChI is InChI=1S/C8H16O3/c1-3-9-5-7-11-8-6-10-4-2/h1H,3-8H2,2H3. The molecule has 0 aliphatic heterocycles. The second-order valence-corrected chi connectivity index (χ2v) is 1.88. The third kappa shape index (κ3) is 9.88. The van der Waals surface area contributed by atoms with Gasteiger partial charge in [0.1, 0.15) is 0 Å². The second kappa shape index (κ2) is 9.88. The van der Waals surface area contributed by atoms with Crippen molar-refractivity contribution in [3.63, 3.8) is 0 Å². The lowest BCUT2D eigenvalue weighted by molar-refractivity contribution is 0.0220. The smallest absolute Gasteiger partial charge is 0.0701 e. The Bertz CT molecular complexity index is 58.4. The van der Waals surface area contributed by atoms with E-state index in [2.05, 4.69) is 0 Å². The Morgan fingerprint density at radius 3 is 2.00 bits per heavy atom. The highest BCUT2D eigenvalue weighted by Crippen LogP contribution is 1.79. The summed E-state index contributed by atoms with van der Waals surface area (Å²) in [6, 6.07) is 0. The van der Waals surface area contributed by atoms with Crippen molar-refractivity contribution in [3.8, 4) is 0 Å². The zero-order chi connectivity index (χ0) is 8.36. The van der Waals surface area contributed by atoms with Crippen LogP contribution in [0.4, 0.5) is 0 Å². The van der Waals surface area contributed by atoms with Gasteiger partial charge in [-0.3, -0.25) is 0 Å². The molecule has 11 heavy (non-hydrogen) atoms. The number of rotatable bonds is 8. The van der Waals surface area contributed by atoms with Crippen LogP contribution in [-0.4, -0.2) is 39.6 Å². The molecule has 0 saturated heterocycles. The lowest BCUT2D eigenvalue weighted by Gasteiger charge is -2.03. The average Bonchev–Trinajstić information content (AvgIpc) is 2.03. The minimum atomic E-state index is 0.259. The van der Waals surface area contributed by atoms with Crippen LogP contribution in [0.1, 0.15) is 6.92 Å². The first-order valence-corrected chi connectivity index (χ1v) is 3.85. The van der Waals surface area contributed by atoms with Crippen molar-refractivity contribution in [1.29, 1.82) is 0 Å². The van der Waals surface area contributed by atoms with Crippen LogP contribution in [0.3, 0.4) is 0 Å². The molecule has 3 heteroatoms. The number of hydrogen-bond donors (Lipinski definition) is 0. The van der Waals surface area contributed by atoms with Crippen LogP contribution in [0, 0.1) is 6.92 Å². The predicted molar refractivity (Wildman–Crippen MR) is 42.4 cm³/mol. The Morgan fingerprint density at radius 1 is 0.909 bits per heavy atom. The van der Waals surface area contributed by atoms with Crippen LogP contribution in [0.15, 0.2) is 0 Å². The highest BCUT2D eigenvalue weighted by Gasteiger charge is 1.87.